The maximum atomic E-state index is 12.0. The highest BCUT2D eigenvalue weighted by atomic mass is 35.5. The first kappa shape index (κ1) is 16.6. The molecule has 128 valence electrons. The van der Waals surface area contributed by atoms with Crippen LogP contribution < -0.4 is 0 Å². The first-order valence-electron chi connectivity index (χ1n) is 8.33. The highest BCUT2D eigenvalue weighted by molar-refractivity contribution is 6.34. The van der Waals surface area contributed by atoms with Gasteiger partial charge in [-0.15, -0.1) is 0 Å². The summed E-state index contributed by atoms with van der Waals surface area (Å²) in [5.41, 5.74) is 4.13. The maximum Gasteiger partial charge on any atom is 0.165 e. The Morgan fingerprint density at radius 1 is 1.08 bits per heavy atom. The van der Waals surface area contributed by atoms with Crippen molar-refractivity contribution in [3.8, 4) is 0 Å². The van der Waals surface area contributed by atoms with Crippen molar-refractivity contribution in [2.75, 3.05) is 0 Å². The number of benzene rings is 2. The van der Waals surface area contributed by atoms with Crippen molar-refractivity contribution in [3.05, 3.63) is 68.7 Å². The Labute approximate surface area is 156 Å². The van der Waals surface area contributed by atoms with Gasteiger partial charge in [0.15, 0.2) is 11.4 Å². The molecule has 1 aliphatic carbocycles. The molecule has 0 saturated heterocycles. The molecule has 0 saturated carbocycles. The van der Waals surface area contributed by atoms with Crippen LogP contribution in [0, 0.1) is 0 Å². The molecule has 2 aromatic carbocycles. The second-order valence-corrected chi connectivity index (χ2v) is 7.72. The molecular formula is C20H17Cl2NO2. The number of aryl methyl sites for hydroxylation is 1. The summed E-state index contributed by atoms with van der Waals surface area (Å²) in [6.07, 6.45) is 3.11. The van der Waals surface area contributed by atoms with Crippen molar-refractivity contribution in [3.63, 3.8) is 0 Å². The molecule has 3 nitrogen and oxygen atoms in total. The van der Waals surface area contributed by atoms with Gasteiger partial charge in [0, 0.05) is 34.0 Å². The lowest BCUT2D eigenvalue weighted by Gasteiger charge is -2.22. The summed E-state index contributed by atoms with van der Waals surface area (Å²) in [5, 5.41) is 5.46. The zero-order valence-electron chi connectivity index (χ0n) is 13.8. The predicted octanol–water partition coefficient (Wildman–Crippen LogP) is 5.55. The molecule has 0 spiro atoms. The zero-order valence-corrected chi connectivity index (χ0v) is 15.3. The number of fused-ring (bicyclic) bond motifs is 1. The van der Waals surface area contributed by atoms with Crippen LogP contribution in [0.25, 0.3) is 0 Å². The van der Waals surface area contributed by atoms with Crippen LogP contribution in [0.2, 0.25) is 10.0 Å². The third-order valence-electron chi connectivity index (χ3n) is 4.92. The van der Waals surface area contributed by atoms with Gasteiger partial charge in [0.05, 0.1) is 5.71 Å². The Balaban J connectivity index is 1.63. The van der Waals surface area contributed by atoms with Gasteiger partial charge in [0.1, 0.15) is 0 Å². The summed E-state index contributed by atoms with van der Waals surface area (Å²) in [4.78, 5) is 17.8. The Hall–Kier alpha value is -1.84. The van der Waals surface area contributed by atoms with E-state index in [-0.39, 0.29) is 5.78 Å². The minimum atomic E-state index is -0.602. The summed E-state index contributed by atoms with van der Waals surface area (Å²) >= 11 is 12.3. The average molecular weight is 374 g/mol. The van der Waals surface area contributed by atoms with Crippen molar-refractivity contribution >= 4 is 34.7 Å². The van der Waals surface area contributed by atoms with Gasteiger partial charge < -0.3 is 4.84 Å². The average Bonchev–Trinajstić information content (AvgIpc) is 2.98. The fourth-order valence-electron chi connectivity index (χ4n) is 3.53. The van der Waals surface area contributed by atoms with Crippen molar-refractivity contribution in [2.45, 2.75) is 38.2 Å². The molecule has 1 atom stereocenters. The van der Waals surface area contributed by atoms with E-state index in [9.17, 15) is 4.79 Å². The standard InChI is InChI=1S/C20H17Cl2NO2/c1-20(14-8-15(21)10-16(22)9-14)11-18(23-25-20)13-5-6-17-12(7-13)3-2-4-19(17)24/h5-10H,2-4,11H2,1H3. The van der Waals surface area contributed by atoms with Crippen molar-refractivity contribution in [1.29, 1.82) is 0 Å². The van der Waals surface area contributed by atoms with Crippen molar-refractivity contribution < 1.29 is 9.63 Å². The monoisotopic (exact) mass is 373 g/mol. The number of rotatable bonds is 2. The number of nitrogens with zero attached hydrogens (tertiary/aromatic N) is 1. The highest BCUT2D eigenvalue weighted by Gasteiger charge is 2.37. The molecule has 0 radical (unpaired) electrons. The van der Waals surface area contributed by atoms with E-state index in [1.807, 2.05) is 31.2 Å². The van der Waals surface area contributed by atoms with Crippen LogP contribution in [0.1, 0.15) is 53.2 Å². The fraction of sp³-hybridized carbons (Fsp3) is 0.300. The molecule has 1 heterocycles. The predicted molar refractivity (Wildman–Crippen MR) is 99.8 cm³/mol. The Bertz CT molecular complexity index is 886. The topological polar surface area (TPSA) is 38.7 Å². The Morgan fingerprint density at radius 2 is 1.84 bits per heavy atom. The molecule has 0 bridgehead atoms. The number of Topliss-reactive ketones (excluding diaryl/α,β-unsaturated/α-hetero) is 1. The normalized spacial score (nSPS) is 22.4. The molecule has 4 rings (SSSR count). The first-order valence-corrected chi connectivity index (χ1v) is 9.08. The van der Waals surface area contributed by atoms with Crippen LogP contribution in [0.3, 0.4) is 0 Å². The lowest BCUT2D eigenvalue weighted by Crippen LogP contribution is -2.22. The van der Waals surface area contributed by atoms with E-state index in [1.165, 1.54) is 0 Å². The Morgan fingerprint density at radius 3 is 2.60 bits per heavy atom. The number of carbonyl (C=O) groups is 1. The van der Waals surface area contributed by atoms with Crippen LogP contribution in [0.15, 0.2) is 41.6 Å². The molecule has 2 aromatic rings. The molecule has 5 heteroatoms. The van der Waals surface area contributed by atoms with Crippen molar-refractivity contribution in [2.24, 2.45) is 5.16 Å². The largest absolute Gasteiger partial charge is 0.384 e. The second-order valence-electron chi connectivity index (χ2n) is 6.84. The van der Waals surface area contributed by atoms with Gasteiger partial charge in [0.2, 0.25) is 0 Å². The number of ketones is 1. The third-order valence-corrected chi connectivity index (χ3v) is 5.36. The molecule has 0 fully saturated rings. The summed E-state index contributed by atoms with van der Waals surface area (Å²) in [6.45, 7) is 1.98. The lowest BCUT2D eigenvalue weighted by molar-refractivity contribution is -0.00737. The first-order chi connectivity index (χ1) is 11.9. The summed E-state index contributed by atoms with van der Waals surface area (Å²) in [7, 11) is 0. The smallest absolute Gasteiger partial charge is 0.165 e. The maximum absolute atomic E-state index is 12.0. The minimum absolute atomic E-state index is 0.232. The van der Waals surface area contributed by atoms with Gasteiger partial charge >= 0.3 is 0 Å². The molecule has 25 heavy (non-hydrogen) atoms. The molecule has 0 aromatic heterocycles. The van der Waals surface area contributed by atoms with Gasteiger partial charge in [0.25, 0.3) is 0 Å². The SMILES string of the molecule is CC1(c2cc(Cl)cc(Cl)c2)CC(c2ccc3c(c2)CCCC3=O)=NO1. The van der Waals surface area contributed by atoms with Crippen molar-refractivity contribution in [1.82, 2.24) is 0 Å². The number of hydrogen-bond acceptors (Lipinski definition) is 3. The van der Waals surface area contributed by atoms with E-state index in [2.05, 4.69) is 11.2 Å². The van der Waals surface area contributed by atoms with Crippen LogP contribution in [0.4, 0.5) is 0 Å². The zero-order chi connectivity index (χ0) is 17.6. The van der Waals surface area contributed by atoms with E-state index in [0.29, 0.717) is 22.9 Å². The van der Waals surface area contributed by atoms with E-state index >= 15 is 0 Å². The van der Waals surface area contributed by atoms with Crippen LogP contribution in [0.5, 0.6) is 0 Å². The molecule has 0 N–H and O–H groups in total. The van der Waals surface area contributed by atoms with E-state index < -0.39 is 5.60 Å². The number of carbonyl (C=O) groups excluding carboxylic acids is 1. The minimum Gasteiger partial charge on any atom is -0.384 e. The van der Waals surface area contributed by atoms with Crippen LogP contribution in [-0.2, 0) is 16.9 Å². The molecule has 1 unspecified atom stereocenters. The number of halogens is 2. The lowest BCUT2D eigenvalue weighted by atomic mass is 9.86. The van der Waals surface area contributed by atoms with E-state index in [0.717, 1.165) is 40.8 Å². The third kappa shape index (κ3) is 3.07. The second kappa shape index (κ2) is 6.15. The highest BCUT2D eigenvalue weighted by Crippen LogP contribution is 2.38. The van der Waals surface area contributed by atoms with Gasteiger partial charge in [-0.25, -0.2) is 0 Å². The van der Waals surface area contributed by atoms with Gasteiger partial charge in [-0.2, -0.15) is 0 Å². The summed E-state index contributed by atoms with van der Waals surface area (Å²) in [5.74, 6) is 0.232. The fourth-order valence-corrected chi connectivity index (χ4v) is 4.06. The van der Waals surface area contributed by atoms with Crippen LogP contribution in [-0.4, -0.2) is 11.5 Å². The molecular weight excluding hydrogens is 357 g/mol. The molecule has 1 aliphatic heterocycles. The number of hydrogen-bond donors (Lipinski definition) is 0. The molecule has 0 amide bonds. The van der Waals surface area contributed by atoms with E-state index in [4.69, 9.17) is 28.0 Å². The summed E-state index contributed by atoms with van der Waals surface area (Å²) < 4.78 is 0. The number of oxime groups is 1. The van der Waals surface area contributed by atoms with Gasteiger partial charge in [-0.1, -0.05) is 40.5 Å². The summed E-state index contributed by atoms with van der Waals surface area (Å²) in [6, 6.07) is 11.4. The molecule has 2 aliphatic rings. The van der Waals surface area contributed by atoms with Gasteiger partial charge in [-0.3, -0.25) is 4.79 Å². The van der Waals surface area contributed by atoms with Crippen LogP contribution >= 0.6 is 23.2 Å². The quantitative estimate of drug-likeness (QED) is 0.691. The van der Waals surface area contributed by atoms with E-state index in [1.54, 1.807) is 6.07 Å². The van der Waals surface area contributed by atoms with Gasteiger partial charge in [-0.05, 0) is 55.2 Å². The Kier molecular flexibility index (Phi) is 4.09.